The third-order valence-corrected chi connectivity index (χ3v) is 11.0. The van der Waals surface area contributed by atoms with Crippen LogP contribution in [0.2, 0.25) is 18.1 Å². The molecule has 0 N–H and O–H groups in total. The van der Waals surface area contributed by atoms with Gasteiger partial charge in [0.25, 0.3) is 0 Å². The summed E-state index contributed by atoms with van der Waals surface area (Å²) in [6.45, 7) is 6.98. The fourth-order valence-corrected chi connectivity index (χ4v) is 7.33. The highest BCUT2D eigenvalue weighted by Gasteiger charge is 2.29. The molecule has 3 rings (SSSR count). The topological polar surface area (TPSA) is 0 Å². The van der Waals surface area contributed by atoms with E-state index in [1.165, 1.54) is 34.1 Å². The van der Waals surface area contributed by atoms with Gasteiger partial charge in [0, 0.05) is 0 Å². The second-order valence-corrected chi connectivity index (χ2v) is 11.5. The third kappa shape index (κ3) is 2.36. The molecular formula is C20H23FSi. The number of halogens is 1. The van der Waals surface area contributed by atoms with Crippen molar-refractivity contribution >= 4 is 34.8 Å². The quantitative estimate of drug-likeness (QED) is 0.419. The maximum absolute atomic E-state index is 13.7. The molecule has 0 radical (unpaired) electrons. The molecule has 22 heavy (non-hydrogen) atoms. The van der Waals surface area contributed by atoms with Crippen LogP contribution in [0.15, 0.2) is 48.5 Å². The molecule has 0 bridgehead atoms. The minimum atomic E-state index is -1.41. The lowest BCUT2D eigenvalue weighted by atomic mass is 10.0. The number of hydrogen-bond donors (Lipinski definition) is 0. The van der Waals surface area contributed by atoms with Gasteiger partial charge in [-0.1, -0.05) is 80.5 Å². The minimum Gasteiger partial charge on any atom is -0.207 e. The molecule has 3 aromatic rings. The summed E-state index contributed by atoms with van der Waals surface area (Å²) >= 11 is 0. The van der Waals surface area contributed by atoms with Gasteiger partial charge in [0.05, 0.1) is 8.07 Å². The van der Waals surface area contributed by atoms with Crippen molar-refractivity contribution in [3.8, 4) is 0 Å². The molecule has 2 heteroatoms. The van der Waals surface area contributed by atoms with Gasteiger partial charge in [-0.3, -0.25) is 0 Å². The van der Waals surface area contributed by atoms with Crippen molar-refractivity contribution in [3.05, 3.63) is 54.3 Å². The van der Waals surface area contributed by atoms with Gasteiger partial charge in [-0.15, -0.1) is 0 Å². The molecule has 0 saturated heterocycles. The molecule has 0 aliphatic carbocycles. The van der Waals surface area contributed by atoms with Crippen LogP contribution in [0.4, 0.5) is 4.39 Å². The van der Waals surface area contributed by atoms with Gasteiger partial charge in [0.15, 0.2) is 0 Å². The highest BCUT2D eigenvalue weighted by molar-refractivity contribution is 6.91. The Kier molecular flexibility index (Phi) is 4.05. The molecule has 0 atom stereocenters. The zero-order chi connectivity index (χ0) is 15.7. The first kappa shape index (κ1) is 15.2. The summed E-state index contributed by atoms with van der Waals surface area (Å²) in [5, 5.41) is 6.06. The van der Waals surface area contributed by atoms with Gasteiger partial charge in [0.1, 0.15) is 5.82 Å². The molecule has 0 heterocycles. The normalized spacial score (nSPS) is 12.2. The SMILES string of the molecule is CC[Si](CC)(CC)c1ccc2ccc3ccc(F)cc3c2c1. The van der Waals surface area contributed by atoms with Crippen LogP contribution in [-0.4, -0.2) is 8.07 Å². The van der Waals surface area contributed by atoms with Crippen molar-refractivity contribution in [3.63, 3.8) is 0 Å². The fourth-order valence-electron chi connectivity index (χ4n) is 3.71. The van der Waals surface area contributed by atoms with Crippen molar-refractivity contribution < 1.29 is 4.39 Å². The number of fused-ring (bicyclic) bond motifs is 3. The molecule has 0 aromatic heterocycles. The highest BCUT2D eigenvalue weighted by atomic mass is 28.3. The van der Waals surface area contributed by atoms with Crippen molar-refractivity contribution in [2.75, 3.05) is 0 Å². The van der Waals surface area contributed by atoms with Crippen LogP contribution >= 0.6 is 0 Å². The zero-order valence-electron chi connectivity index (χ0n) is 13.6. The van der Waals surface area contributed by atoms with Crippen LogP contribution in [-0.2, 0) is 0 Å². The molecule has 0 unspecified atom stereocenters. The number of benzene rings is 3. The first-order valence-electron chi connectivity index (χ1n) is 8.26. The predicted octanol–water partition coefficient (Wildman–Crippen LogP) is 5.85. The Morgan fingerprint density at radius 3 is 1.82 bits per heavy atom. The van der Waals surface area contributed by atoms with E-state index in [0.717, 1.165) is 10.8 Å². The molecule has 0 fully saturated rings. The minimum absolute atomic E-state index is 0.157. The average molecular weight is 310 g/mol. The Bertz CT molecular complexity index is 810. The molecule has 0 saturated carbocycles. The molecule has 0 spiro atoms. The van der Waals surface area contributed by atoms with Crippen molar-refractivity contribution in [2.24, 2.45) is 0 Å². The van der Waals surface area contributed by atoms with Crippen molar-refractivity contribution in [2.45, 2.75) is 38.9 Å². The lowest BCUT2D eigenvalue weighted by Crippen LogP contribution is -2.45. The zero-order valence-corrected chi connectivity index (χ0v) is 14.6. The maximum atomic E-state index is 13.7. The van der Waals surface area contributed by atoms with Crippen LogP contribution < -0.4 is 5.19 Å². The Hall–Kier alpha value is -1.67. The summed E-state index contributed by atoms with van der Waals surface area (Å²) in [5.74, 6) is -0.157. The maximum Gasteiger partial charge on any atom is 0.123 e. The predicted molar refractivity (Wildman–Crippen MR) is 98.2 cm³/mol. The van der Waals surface area contributed by atoms with Crippen LogP contribution in [0.3, 0.4) is 0 Å². The standard InChI is InChI=1S/C20H23FSi/c1-4-22(5-2,6-3)18-12-10-16-8-7-15-9-11-17(21)13-19(15)20(16)14-18/h7-14H,4-6H2,1-3H3. The van der Waals surface area contributed by atoms with Gasteiger partial charge >= 0.3 is 0 Å². The Labute approximate surface area is 133 Å². The summed E-state index contributed by atoms with van der Waals surface area (Å²) in [6, 6.07) is 20.0. The summed E-state index contributed by atoms with van der Waals surface area (Å²) in [7, 11) is -1.41. The first-order chi connectivity index (χ1) is 10.6. The van der Waals surface area contributed by atoms with Crippen LogP contribution in [0, 0.1) is 5.82 Å². The number of hydrogen-bond acceptors (Lipinski definition) is 0. The molecule has 0 nitrogen and oxygen atoms in total. The van der Waals surface area contributed by atoms with Gasteiger partial charge < -0.3 is 0 Å². The molecule has 0 aliphatic rings. The van der Waals surface area contributed by atoms with Crippen LogP contribution in [0.1, 0.15) is 20.8 Å². The van der Waals surface area contributed by atoms with Crippen LogP contribution in [0.5, 0.6) is 0 Å². The smallest absolute Gasteiger partial charge is 0.123 e. The van der Waals surface area contributed by atoms with Gasteiger partial charge in [-0.25, -0.2) is 4.39 Å². The Morgan fingerprint density at radius 1 is 0.727 bits per heavy atom. The van der Waals surface area contributed by atoms with Gasteiger partial charge in [0.2, 0.25) is 0 Å². The van der Waals surface area contributed by atoms with E-state index in [1.807, 2.05) is 6.07 Å². The molecule has 0 amide bonds. The summed E-state index contributed by atoms with van der Waals surface area (Å²) in [4.78, 5) is 0. The summed E-state index contributed by atoms with van der Waals surface area (Å²) < 4.78 is 13.7. The van der Waals surface area contributed by atoms with E-state index >= 15 is 0 Å². The largest absolute Gasteiger partial charge is 0.207 e. The average Bonchev–Trinajstić information content (AvgIpc) is 2.57. The molecule has 3 aromatic carbocycles. The molecule has 114 valence electrons. The first-order valence-corrected chi connectivity index (χ1v) is 10.9. The van der Waals surface area contributed by atoms with Crippen molar-refractivity contribution in [1.82, 2.24) is 0 Å². The van der Waals surface area contributed by atoms with Crippen molar-refractivity contribution in [1.29, 1.82) is 0 Å². The molecule has 0 aliphatic heterocycles. The Balaban J connectivity index is 2.32. The van der Waals surface area contributed by atoms with E-state index < -0.39 is 8.07 Å². The van der Waals surface area contributed by atoms with E-state index in [0.29, 0.717) is 0 Å². The van der Waals surface area contributed by atoms with E-state index in [4.69, 9.17) is 0 Å². The summed E-state index contributed by atoms with van der Waals surface area (Å²) in [5.41, 5.74) is 0. The van der Waals surface area contributed by atoms with E-state index in [-0.39, 0.29) is 5.82 Å². The second kappa shape index (κ2) is 5.84. The van der Waals surface area contributed by atoms with E-state index in [1.54, 1.807) is 12.1 Å². The second-order valence-electron chi connectivity index (χ2n) is 6.21. The fraction of sp³-hybridized carbons (Fsp3) is 0.300. The van der Waals surface area contributed by atoms with Gasteiger partial charge in [-0.2, -0.15) is 0 Å². The van der Waals surface area contributed by atoms with Gasteiger partial charge in [-0.05, 0) is 33.7 Å². The number of rotatable bonds is 4. The summed E-state index contributed by atoms with van der Waals surface area (Å²) in [6.07, 6.45) is 0. The van der Waals surface area contributed by atoms with Crippen LogP contribution in [0.25, 0.3) is 21.5 Å². The lowest BCUT2D eigenvalue weighted by Gasteiger charge is -2.29. The molecular weight excluding hydrogens is 287 g/mol. The third-order valence-electron chi connectivity index (χ3n) is 5.44. The van der Waals surface area contributed by atoms with E-state index in [9.17, 15) is 4.39 Å². The Morgan fingerprint density at radius 2 is 1.23 bits per heavy atom. The van der Waals surface area contributed by atoms with E-state index in [2.05, 4.69) is 51.1 Å². The lowest BCUT2D eigenvalue weighted by molar-refractivity contribution is 0.630. The monoisotopic (exact) mass is 310 g/mol. The highest BCUT2D eigenvalue weighted by Crippen LogP contribution is 2.28.